The lowest BCUT2D eigenvalue weighted by atomic mass is 9.96. The van der Waals surface area contributed by atoms with Crippen molar-refractivity contribution in [3.8, 4) is 22.3 Å². The molecular weight excluding hydrogens is 388 g/mol. The molecule has 0 aromatic heterocycles. The molecule has 0 saturated carbocycles. The van der Waals surface area contributed by atoms with Gasteiger partial charge in [0.25, 0.3) is 0 Å². The van der Waals surface area contributed by atoms with Gasteiger partial charge in [0.15, 0.2) is 0 Å². The Morgan fingerprint density at radius 1 is 0.667 bits per heavy atom. The van der Waals surface area contributed by atoms with Crippen molar-refractivity contribution in [3.05, 3.63) is 80.7 Å². The number of hydrogen-bond donors (Lipinski definition) is 0. The highest BCUT2D eigenvalue weighted by Crippen LogP contribution is 2.44. The maximum Gasteiger partial charge on any atom is 0.0187 e. The molecule has 102 valence electrons. The van der Waals surface area contributed by atoms with Crippen molar-refractivity contribution in [3.63, 3.8) is 0 Å². The number of fused-ring (bicyclic) bond motifs is 3. The van der Waals surface area contributed by atoms with Crippen LogP contribution in [0.15, 0.2) is 69.6 Å². The number of benzene rings is 3. The van der Waals surface area contributed by atoms with Crippen molar-refractivity contribution < 1.29 is 0 Å². The predicted octanol–water partition coefficient (Wildman–Crippen LogP) is 6.45. The van der Waals surface area contributed by atoms with Crippen LogP contribution >= 0.6 is 31.9 Å². The average molecular weight is 400 g/mol. The summed E-state index contributed by atoms with van der Waals surface area (Å²) in [6.07, 6.45) is 1.01. The molecular formula is C19H12Br2. The largest absolute Gasteiger partial charge is 0.0622 e. The molecule has 0 amide bonds. The topological polar surface area (TPSA) is 0 Å². The van der Waals surface area contributed by atoms with Crippen LogP contribution in [0.1, 0.15) is 11.1 Å². The lowest BCUT2D eigenvalue weighted by Gasteiger charge is -2.10. The smallest absolute Gasteiger partial charge is 0.0187 e. The number of hydrogen-bond acceptors (Lipinski definition) is 0. The summed E-state index contributed by atoms with van der Waals surface area (Å²) in [6, 6.07) is 21.7. The molecule has 3 aromatic rings. The zero-order valence-corrected chi connectivity index (χ0v) is 14.4. The molecule has 0 bridgehead atoms. The van der Waals surface area contributed by atoms with Gasteiger partial charge >= 0.3 is 0 Å². The summed E-state index contributed by atoms with van der Waals surface area (Å²) < 4.78 is 2.27. The van der Waals surface area contributed by atoms with Crippen molar-refractivity contribution in [2.75, 3.05) is 0 Å². The highest BCUT2D eigenvalue weighted by atomic mass is 79.9. The first-order valence-corrected chi connectivity index (χ1v) is 8.47. The molecule has 3 aromatic carbocycles. The highest BCUT2D eigenvalue weighted by molar-refractivity contribution is 9.10. The first-order chi connectivity index (χ1) is 10.2. The molecule has 0 spiro atoms. The van der Waals surface area contributed by atoms with Gasteiger partial charge in [-0.25, -0.2) is 0 Å². The Kier molecular flexibility index (Phi) is 3.24. The third-order valence-electron chi connectivity index (χ3n) is 4.03. The summed E-state index contributed by atoms with van der Waals surface area (Å²) in [5.41, 5.74) is 8.13. The molecule has 2 heteroatoms. The summed E-state index contributed by atoms with van der Waals surface area (Å²) in [7, 11) is 0. The second kappa shape index (κ2) is 5.11. The minimum Gasteiger partial charge on any atom is -0.0622 e. The fourth-order valence-corrected chi connectivity index (χ4v) is 3.91. The lowest BCUT2D eigenvalue weighted by molar-refractivity contribution is 1.26. The Labute approximate surface area is 141 Å². The van der Waals surface area contributed by atoms with Gasteiger partial charge in [-0.15, -0.1) is 0 Å². The molecule has 1 aliphatic rings. The second-order valence-corrected chi connectivity index (χ2v) is 7.16. The average Bonchev–Trinajstić information content (AvgIpc) is 2.85. The van der Waals surface area contributed by atoms with Crippen molar-refractivity contribution in [1.82, 2.24) is 0 Å². The van der Waals surface area contributed by atoms with Crippen molar-refractivity contribution in [2.45, 2.75) is 6.42 Å². The van der Waals surface area contributed by atoms with E-state index < -0.39 is 0 Å². The quantitative estimate of drug-likeness (QED) is 0.345. The van der Waals surface area contributed by atoms with Gasteiger partial charge in [-0.05, 0) is 64.1 Å². The second-order valence-electron chi connectivity index (χ2n) is 5.32. The summed E-state index contributed by atoms with van der Waals surface area (Å²) in [5.74, 6) is 0. The van der Waals surface area contributed by atoms with Crippen molar-refractivity contribution >= 4 is 31.9 Å². The summed E-state index contributed by atoms with van der Waals surface area (Å²) >= 11 is 7.26. The van der Waals surface area contributed by atoms with E-state index in [1.807, 2.05) is 0 Å². The zero-order chi connectivity index (χ0) is 14.4. The Bertz CT molecular complexity index is 836. The van der Waals surface area contributed by atoms with E-state index in [9.17, 15) is 0 Å². The third-order valence-corrected chi connectivity index (χ3v) is 4.98. The molecule has 0 saturated heterocycles. The van der Waals surface area contributed by atoms with Crippen LogP contribution in [0, 0.1) is 0 Å². The molecule has 0 radical (unpaired) electrons. The van der Waals surface area contributed by atoms with Crippen LogP contribution in [-0.4, -0.2) is 0 Å². The zero-order valence-electron chi connectivity index (χ0n) is 11.2. The highest BCUT2D eigenvalue weighted by Gasteiger charge is 2.22. The molecule has 0 unspecified atom stereocenters. The molecule has 4 rings (SSSR count). The molecule has 0 N–H and O–H groups in total. The van der Waals surface area contributed by atoms with Gasteiger partial charge in [-0.1, -0.05) is 68.3 Å². The van der Waals surface area contributed by atoms with Crippen LogP contribution in [0.25, 0.3) is 22.3 Å². The van der Waals surface area contributed by atoms with E-state index in [0.29, 0.717) is 0 Å². The van der Waals surface area contributed by atoms with Crippen LogP contribution in [0.2, 0.25) is 0 Å². The molecule has 1 aliphatic carbocycles. The first-order valence-electron chi connectivity index (χ1n) is 6.89. The van der Waals surface area contributed by atoms with Crippen LogP contribution in [-0.2, 0) is 6.42 Å². The van der Waals surface area contributed by atoms with E-state index in [-0.39, 0.29) is 0 Å². The van der Waals surface area contributed by atoms with Crippen LogP contribution < -0.4 is 0 Å². The molecule has 0 nitrogen and oxygen atoms in total. The summed E-state index contributed by atoms with van der Waals surface area (Å²) in [6.45, 7) is 0. The summed E-state index contributed by atoms with van der Waals surface area (Å²) in [5, 5.41) is 0. The molecule has 0 aliphatic heterocycles. The third kappa shape index (κ3) is 2.27. The van der Waals surface area contributed by atoms with Gasteiger partial charge in [0, 0.05) is 8.95 Å². The van der Waals surface area contributed by atoms with Crippen molar-refractivity contribution in [2.24, 2.45) is 0 Å². The van der Waals surface area contributed by atoms with E-state index in [4.69, 9.17) is 0 Å². The maximum atomic E-state index is 3.67. The fourth-order valence-electron chi connectivity index (χ4n) is 3.09. The standard InChI is InChI=1S/C19H12Br2/c20-14-7-6-13-8-18-16(12-4-2-1-3-5-12)10-15(21)11-19(18)17(13)9-14/h1-7,9-11H,8H2. The van der Waals surface area contributed by atoms with Gasteiger partial charge in [-0.3, -0.25) is 0 Å². The van der Waals surface area contributed by atoms with Crippen LogP contribution in [0.4, 0.5) is 0 Å². The van der Waals surface area contributed by atoms with Gasteiger partial charge < -0.3 is 0 Å². The van der Waals surface area contributed by atoms with Crippen LogP contribution in [0.3, 0.4) is 0 Å². The maximum absolute atomic E-state index is 3.67. The van der Waals surface area contributed by atoms with E-state index in [2.05, 4.69) is 92.5 Å². The van der Waals surface area contributed by atoms with E-state index in [1.165, 1.54) is 33.4 Å². The Morgan fingerprint density at radius 3 is 2.19 bits per heavy atom. The van der Waals surface area contributed by atoms with Gasteiger partial charge in [0.2, 0.25) is 0 Å². The Balaban J connectivity index is 1.98. The van der Waals surface area contributed by atoms with Crippen molar-refractivity contribution in [1.29, 1.82) is 0 Å². The monoisotopic (exact) mass is 398 g/mol. The number of rotatable bonds is 1. The number of halogens is 2. The normalized spacial score (nSPS) is 12.1. The molecule has 21 heavy (non-hydrogen) atoms. The predicted molar refractivity (Wildman–Crippen MR) is 95.5 cm³/mol. The Morgan fingerprint density at radius 2 is 1.38 bits per heavy atom. The molecule has 0 fully saturated rings. The van der Waals surface area contributed by atoms with Gasteiger partial charge in [-0.2, -0.15) is 0 Å². The minimum absolute atomic E-state index is 1.01. The lowest BCUT2D eigenvalue weighted by Crippen LogP contribution is -1.88. The summed E-state index contributed by atoms with van der Waals surface area (Å²) in [4.78, 5) is 0. The SMILES string of the molecule is Brc1ccc2c(c1)-c1cc(Br)cc(-c3ccccc3)c1C2. The van der Waals surface area contributed by atoms with Gasteiger partial charge in [0.1, 0.15) is 0 Å². The van der Waals surface area contributed by atoms with E-state index in [0.717, 1.165) is 15.4 Å². The van der Waals surface area contributed by atoms with E-state index >= 15 is 0 Å². The fraction of sp³-hybridized carbons (Fsp3) is 0.0526. The molecule has 0 heterocycles. The minimum atomic E-state index is 1.01. The van der Waals surface area contributed by atoms with Crippen LogP contribution in [0.5, 0.6) is 0 Å². The molecule has 0 atom stereocenters. The first kappa shape index (κ1) is 13.3. The van der Waals surface area contributed by atoms with Gasteiger partial charge in [0.05, 0.1) is 0 Å². The Hall–Kier alpha value is -1.38. The van der Waals surface area contributed by atoms with E-state index in [1.54, 1.807) is 0 Å².